The van der Waals surface area contributed by atoms with Gasteiger partial charge in [0.15, 0.2) is 5.66 Å². The van der Waals surface area contributed by atoms with Crippen LogP contribution in [-0.4, -0.2) is 10.5 Å². The van der Waals surface area contributed by atoms with Gasteiger partial charge in [0, 0.05) is 44.3 Å². The van der Waals surface area contributed by atoms with Gasteiger partial charge in [0.25, 0.3) is 0 Å². The first kappa shape index (κ1) is 22.5. The average molecular weight is 524 g/mol. The lowest BCUT2D eigenvalue weighted by molar-refractivity contribution is -0.775. The first-order valence-electron chi connectivity index (χ1n) is 13.4. The molecule has 0 radical (unpaired) electrons. The highest BCUT2D eigenvalue weighted by Gasteiger charge is 2.40. The first-order chi connectivity index (χ1) is 19.2. The molecule has 7 aromatic rings. The van der Waals surface area contributed by atoms with Gasteiger partial charge in [0.05, 0.1) is 15.7 Å². The molecule has 5 heteroatoms. The number of quaternary nitrogens is 1. The molecule has 5 aromatic carbocycles. The summed E-state index contributed by atoms with van der Waals surface area (Å²) in [7, 11) is 0. The number of benzene rings is 5. The Morgan fingerprint density at radius 3 is 2.21 bits per heavy atom. The second-order valence-electron chi connectivity index (χ2n) is 10.5. The van der Waals surface area contributed by atoms with E-state index in [9.17, 15) is 0 Å². The summed E-state index contributed by atoms with van der Waals surface area (Å²) in [6, 6.07) is 43.3. The molecule has 1 aliphatic heterocycles. The molecule has 3 N–H and O–H groups in total. The van der Waals surface area contributed by atoms with Crippen molar-refractivity contribution in [3.05, 3.63) is 132 Å². The van der Waals surface area contributed by atoms with E-state index in [1.165, 1.54) is 47.6 Å². The van der Waals surface area contributed by atoms with Gasteiger partial charge in [-0.1, -0.05) is 109 Å². The van der Waals surface area contributed by atoms with Gasteiger partial charge in [-0.15, -0.1) is 11.3 Å². The van der Waals surface area contributed by atoms with Crippen LogP contribution in [0.4, 0.5) is 0 Å². The maximum atomic E-state index is 5.39. The summed E-state index contributed by atoms with van der Waals surface area (Å²) in [6.45, 7) is 2.26. The standard InChI is InChI=1S/C34H26N4S/c1-34(23-14-6-3-7-15-23)36-32(22-12-4-2-5-13-22)35-33(37-34)38-28-18-10-8-16-24(28)26-20-21-27-25-17-9-11-19-29(25)39-31(27)30(26)38/h2-21,32,36H,1H3,(H,35,37)/p+1. The Bertz CT molecular complexity index is 2040. The largest absolute Gasteiger partial charge is 0.300 e. The SMILES string of the molecule is CC1(c2ccccc2)NC(n2c3ccccc3c3ccc4c5ccccc5sc4c32)=NC(c2ccccc2)[NH2+]1. The molecular formula is C34H27N4S+. The van der Waals surface area contributed by atoms with Crippen LogP contribution in [-0.2, 0) is 5.66 Å². The number of nitrogens with two attached hydrogens (primary N) is 1. The molecule has 0 aliphatic carbocycles. The lowest BCUT2D eigenvalue weighted by atomic mass is 9.99. The van der Waals surface area contributed by atoms with E-state index < -0.39 is 5.66 Å². The van der Waals surface area contributed by atoms with Crippen LogP contribution in [0.25, 0.3) is 42.0 Å². The number of aromatic nitrogens is 1. The summed E-state index contributed by atoms with van der Waals surface area (Å²) < 4.78 is 4.97. The van der Waals surface area contributed by atoms with Gasteiger partial charge in [-0.05, 0) is 12.1 Å². The average Bonchev–Trinajstić information content (AvgIpc) is 3.54. The molecule has 0 bridgehead atoms. The van der Waals surface area contributed by atoms with Crippen molar-refractivity contribution in [2.75, 3.05) is 0 Å². The Kier molecular flexibility index (Phi) is 4.93. The molecule has 2 atom stereocenters. The molecule has 188 valence electrons. The monoisotopic (exact) mass is 523 g/mol. The van der Waals surface area contributed by atoms with E-state index >= 15 is 0 Å². The summed E-state index contributed by atoms with van der Waals surface area (Å²) in [5.74, 6) is 0.869. The maximum absolute atomic E-state index is 5.39. The summed E-state index contributed by atoms with van der Waals surface area (Å²) in [4.78, 5) is 5.39. The number of para-hydroxylation sites is 1. The fraction of sp³-hybridized carbons (Fsp3) is 0.0882. The fourth-order valence-electron chi connectivity index (χ4n) is 6.13. The number of aliphatic imine (C=N–C) groups is 1. The predicted octanol–water partition coefficient (Wildman–Crippen LogP) is 7.10. The minimum atomic E-state index is -0.412. The van der Waals surface area contributed by atoms with E-state index in [0.29, 0.717) is 0 Å². The number of hydrogen-bond donors (Lipinski definition) is 2. The normalized spacial score (nSPS) is 19.5. The van der Waals surface area contributed by atoms with E-state index in [0.717, 1.165) is 11.5 Å². The smallest absolute Gasteiger partial charge is 0.213 e. The first-order valence-corrected chi connectivity index (χ1v) is 14.2. The molecule has 3 heterocycles. The van der Waals surface area contributed by atoms with Gasteiger partial charge < -0.3 is 0 Å². The van der Waals surface area contributed by atoms with Crippen LogP contribution in [0, 0.1) is 0 Å². The van der Waals surface area contributed by atoms with Crippen LogP contribution in [0.2, 0.25) is 0 Å². The number of thiophene rings is 1. The van der Waals surface area contributed by atoms with Crippen LogP contribution in [0.15, 0.2) is 126 Å². The number of rotatable bonds is 2. The van der Waals surface area contributed by atoms with Crippen LogP contribution in [0.5, 0.6) is 0 Å². The van der Waals surface area contributed by atoms with E-state index in [2.05, 4.69) is 143 Å². The lowest BCUT2D eigenvalue weighted by Crippen LogP contribution is -3.00. The number of nitrogens with one attached hydrogen (secondary N) is 1. The lowest BCUT2D eigenvalue weighted by Gasteiger charge is -2.37. The van der Waals surface area contributed by atoms with Gasteiger partial charge in [0.1, 0.15) is 0 Å². The number of nitrogens with zero attached hydrogens (tertiary/aromatic N) is 2. The van der Waals surface area contributed by atoms with Gasteiger partial charge in [-0.25, -0.2) is 0 Å². The molecule has 0 saturated carbocycles. The third kappa shape index (κ3) is 3.44. The van der Waals surface area contributed by atoms with Crippen LogP contribution in [0.1, 0.15) is 24.2 Å². The molecule has 2 unspecified atom stereocenters. The Morgan fingerprint density at radius 2 is 1.38 bits per heavy atom. The van der Waals surface area contributed by atoms with Crippen molar-refractivity contribution in [3.8, 4) is 0 Å². The van der Waals surface area contributed by atoms with Gasteiger partial charge in [-0.2, -0.15) is 4.99 Å². The van der Waals surface area contributed by atoms with Crippen molar-refractivity contribution in [3.63, 3.8) is 0 Å². The Labute approximate surface area is 230 Å². The molecule has 39 heavy (non-hydrogen) atoms. The molecular weight excluding hydrogens is 496 g/mol. The highest BCUT2D eigenvalue weighted by atomic mass is 32.1. The van der Waals surface area contributed by atoms with E-state index in [1.54, 1.807) is 0 Å². The highest BCUT2D eigenvalue weighted by molar-refractivity contribution is 7.26. The second-order valence-corrected chi connectivity index (χ2v) is 11.5. The van der Waals surface area contributed by atoms with Gasteiger partial charge >= 0.3 is 0 Å². The maximum Gasteiger partial charge on any atom is 0.213 e. The molecule has 0 spiro atoms. The quantitative estimate of drug-likeness (QED) is 0.249. The van der Waals surface area contributed by atoms with Crippen LogP contribution in [0.3, 0.4) is 0 Å². The van der Waals surface area contributed by atoms with Gasteiger partial charge in [0.2, 0.25) is 12.1 Å². The third-order valence-electron chi connectivity index (χ3n) is 8.03. The predicted molar refractivity (Wildman–Crippen MR) is 163 cm³/mol. The minimum Gasteiger partial charge on any atom is -0.300 e. The summed E-state index contributed by atoms with van der Waals surface area (Å²) in [5.41, 5.74) is 4.36. The topological polar surface area (TPSA) is 45.9 Å². The van der Waals surface area contributed by atoms with Crippen LogP contribution < -0.4 is 10.6 Å². The molecule has 8 rings (SSSR count). The van der Waals surface area contributed by atoms with E-state index in [4.69, 9.17) is 4.99 Å². The van der Waals surface area contributed by atoms with Crippen molar-refractivity contribution in [1.82, 2.24) is 9.88 Å². The van der Waals surface area contributed by atoms with E-state index in [1.807, 2.05) is 11.3 Å². The van der Waals surface area contributed by atoms with Crippen molar-refractivity contribution in [2.24, 2.45) is 4.99 Å². The molecule has 4 nitrogen and oxygen atoms in total. The molecule has 1 aliphatic rings. The Morgan fingerprint density at radius 1 is 0.718 bits per heavy atom. The molecule has 0 saturated heterocycles. The Balaban J connectivity index is 1.46. The Hall–Kier alpha value is -4.45. The summed E-state index contributed by atoms with van der Waals surface area (Å²) in [6.07, 6.45) is -0.0921. The fourth-order valence-corrected chi connectivity index (χ4v) is 7.37. The summed E-state index contributed by atoms with van der Waals surface area (Å²) in [5, 5.41) is 11.3. The third-order valence-corrected chi connectivity index (χ3v) is 9.22. The van der Waals surface area contributed by atoms with Crippen molar-refractivity contribution < 1.29 is 5.32 Å². The second kappa shape index (κ2) is 8.53. The van der Waals surface area contributed by atoms with Crippen LogP contribution >= 0.6 is 11.3 Å². The molecule has 0 amide bonds. The van der Waals surface area contributed by atoms with Crippen molar-refractivity contribution in [1.29, 1.82) is 0 Å². The summed E-state index contributed by atoms with van der Waals surface area (Å²) >= 11 is 1.87. The minimum absolute atomic E-state index is 0.0921. The van der Waals surface area contributed by atoms with Gasteiger partial charge in [-0.3, -0.25) is 15.2 Å². The molecule has 2 aromatic heterocycles. The van der Waals surface area contributed by atoms with Crippen molar-refractivity contribution >= 4 is 59.3 Å². The zero-order valence-corrected chi connectivity index (χ0v) is 22.3. The number of fused-ring (bicyclic) bond motifs is 7. The molecule has 0 fully saturated rings. The van der Waals surface area contributed by atoms with E-state index in [-0.39, 0.29) is 6.17 Å². The van der Waals surface area contributed by atoms with Crippen molar-refractivity contribution in [2.45, 2.75) is 18.8 Å². The number of hydrogen-bond acceptors (Lipinski definition) is 3. The highest BCUT2D eigenvalue weighted by Crippen LogP contribution is 2.42. The zero-order chi connectivity index (χ0) is 26.0. The zero-order valence-electron chi connectivity index (χ0n) is 21.5.